The quantitative estimate of drug-likeness (QED) is 0.416. The molecule has 0 amide bonds. The summed E-state index contributed by atoms with van der Waals surface area (Å²) in [5, 5.41) is 0.353. The van der Waals surface area contributed by atoms with E-state index >= 15 is 0 Å². The van der Waals surface area contributed by atoms with Crippen LogP contribution in [0.25, 0.3) is 0 Å². The Morgan fingerprint density at radius 3 is 2.14 bits per heavy atom. The fraction of sp³-hybridized carbons (Fsp3) is 1.00. The van der Waals surface area contributed by atoms with Crippen molar-refractivity contribution < 1.29 is 4.43 Å². The summed E-state index contributed by atoms with van der Waals surface area (Å²) in [7, 11) is -1.52. The Kier molecular flexibility index (Phi) is 4.09. The topological polar surface area (TPSA) is 9.23 Å². The average molecular weight is 326 g/mol. The third kappa shape index (κ3) is 2.95. The molecule has 0 saturated heterocycles. The van der Waals surface area contributed by atoms with E-state index in [1.807, 2.05) is 0 Å². The molecule has 0 bridgehead atoms. The molecule has 0 heterocycles. The first-order valence-electron chi connectivity index (χ1n) is 5.56. The van der Waals surface area contributed by atoms with Gasteiger partial charge in [0.25, 0.3) is 0 Å². The predicted octanol–water partition coefficient (Wildman–Crippen LogP) is 4.36. The van der Waals surface area contributed by atoms with Crippen molar-refractivity contribution >= 4 is 30.9 Å². The lowest BCUT2D eigenvalue weighted by Crippen LogP contribution is -2.44. The molecule has 0 N–H and O–H groups in total. The van der Waals surface area contributed by atoms with Gasteiger partial charge in [0.2, 0.25) is 0 Å². The zero-order valence-corrected chi connectivity index (χ0v) is 13.2. The lowest BCUT2D eigenvalue weighted by Gasteiger charge is -2.39. The molecule has 0 aliphatic heterocycles. The molecule has 1 nitrogen and oxygen atoms in total. The Balaban J connectivity index is 2.58. The summed E-state index contributed by atoms with van der Waals surface area (Å²) in [4.78, 5) is 0. The van der Waals surface area contributed by atoms with Gasteiger partial charge in [-0.25, -0.2) is 0 Å². The van der Waals surface area contributed by atoms with E-state index in [0.717, 1.165) is 3.92 Å². The maximum Gasteiger partial charge on any atom is 0.192 e. The first-order chi connectivity index (χ1) is 6.24. The van der Waals surface area contributed by atoms with Gasteiger partial charge in [0, 0.05) is 3.92 Å². The number of hydrogen-bond donors (Lipinski definition) is 0. The molecule has 14 heavy (non-hydrogen) atoms. The summed E-state index contributed by atoms with van der Waals surface area (Å²) in [6.07, 6.45) is 4.52. The normalized spacial score (nSPS) is 29.6. The minimum Gasteiger partial charge on any atom is -0.413 e. The molecule has 0 radical (unpaired) electrons. The van der Waals surface area contributed by atoms with E-state index in [4.69, 9.17) is 4.43 Å². The van der Waals surface area contributed by atoms with Gasteiger partial charge in [-0.2, -0.15) is 0 Å². The van der Waals surface area contributed by atoms with Crippen LogP contribution < -0.4 is 0 Å². The van der Waals surface area contributed by atoms with Crippen LogP contribution in [0.4, 0.5) is 0 Å². The van der Waals surface area contributed by atoms with Crippen molar-refractivity contribution in [2.45, 2.75) is 68.2 Å². The van der Waals surface area contributed by atoms with E-state index in [2.05, 4.69) is 56.5 Å². The highest BCUT2D eigenvalue weighted by Gasteiger charge is 2.41. The molecule has 1 rings (SSSR count). The second kappa shape index (κ2) is 4.42. The minimum atomic E-state index is -1.52. The molecule has 0 aromatic heterocycles. The molecule has 2 atom stereocenters. The molecule has 1 aliphatic rings. The van der Waals surface area contributed by atoms with Crippen molar-refractivity contribution in [3.05, 3.63) is 0 Å². The SMILES string of the molecule is CC(C)(C)[Si](C)(C)O[C@@H]1CCC[C@H]1I. The zero-order chi connectivity index (χ0) is 11.0. The molecule has 1 aliphatic carbocycles. The van der Waals surface area contributed by atoms with E-state index in [-0.39, 0.29) is 0 Å². The van der Waals surface area contributed by atoms with Gasteiger partial charge < -0.3 is 4.43 Å². The Hall–Kier alpha value is 0.907. The lowest BCUT2D eigenvalue weighted by molar-refractivity contribution is 0.196. The highest BCUT2D eigenvalue weighted by Crippen LogP contribution is 2.40. The van der Waals surface area contributed by atoms with Crippen LogP contribution in [0.3, 0.4) is 0 Å². The van der Waals surface area contributed by atoms with Crippen LogP contribution in [0.15, 0.2) is 0 Å². The number of rotatable bonds is 2. The van der Waals surface area contributed by atoms with Crippen LogP contribution >= 0.6 is 22.6 Å². The fourth-order valence-corrected chi connectivity index (χ4v) is 4.19. The summed E-state index contributed by atoms with van der Waals surface area (Å²) in [5.41, 5.74) is 0. The summed E-state index contributed by atoms with van der Waals surface area (Å²) < 4.78 is 7.16. The van der Waals surface area contributed by atoms with E-state index in [9.17, 15) is 0 Å². The van der Waals surface area contributed by atoms with Crippen LogP contribution in [0.5, 0.6) is 0 Å². The highest BCUT2D eigenvalue weighted by molar-refractivity contribution is 14.1. The van der Waals surface area contributed by atoms with Crippen LogP contribution in [-0.2, 0) is 4.43 Å². The van der Waals surface area contributed by atoms with E-state index in [1.165, 1.54) is 19.3 Å². The predicted molar refractivity (Wildman–Crippen MR) is 73.7 cm³/mol. The van der Waals surface area contributed by atoms with Crippen LogP contribution in [0, 0.1) is 0 Å². The number of alkyl halides is 1. The van der Waals surface area contributed by atoms with Crippen molar-refractivity contribution in [2.24, 2.45) is 0 Å². The van der Waals surface area contributed by atoms with E-state index in [1.54, 1.807) is 0 Å². The van der Waals surface area contributed by atoms with Crippen LogP contribution in [0.1, 0.15) is 40.0 Å². The maximum atomic E-state index is 6.41. The second-order valence-corrected chi connectivity index (χ2v) is 12.2. The van der Waals surface area contributed by atoms with E-state index < -0.39 is 8.32 Å². The summed E-state index contributed by atoms with van der Waals surface area (Å²) in [6.45, 7) is 11.7. The van der Waals surface area contributed by atoms with Gasteiger partial charge in [0.05, 0.1) is 6.10 Å². The van der Waals surface area contributed by atoms with Crippen molar-refractivity contribution in [1.29, 1.82) is 0 Å². The Bertz CT molecular complexity index is 198. The average Bonchev–Trinajstić information content (AvgIpc) is 2.33. The Labute approximate surface area is 103 Å². The first-order valence-corrected chi connectivity index (χ1v) is 9.71. The van der Waals surface area contributed by atoms with Gasteiger partial charge in [-0.1, -0.05) is 43.4 Å². The third-order valence-corrected chi connectivity index (χ3v) is 9.55. The minimum absolute atomic E-state index is 0.353. The van der Waals surface area contributed by atoms with Gasteiger partial charge in [0.1, 0.15) is 0 Å². The highest BCUT2D eigenvalue weighted by atomic mass is 127. The molecule has 0 aromatic rings. The summed E-state index contributed by atoms with van der Waals surface area (Å²) in [5.74, 6) is 0. The molecule has 0 spiro atoms. The van der Waals surface area contributed by atoms with Gasteiger partial charge in [0.15, 0.2) is 8.32 Å². The first kappa shape index (κ1) is 13.0. The molecule has 1 fully saturated rings. The number of hydrogen-bond acceptors (Lipinski definition) is 1. The molecule has 0 aromatic carbocycles. The molecular weight excluding hydrogens is 303 g/mol. The number of halogens is 1. The molecule has 3 heteroatoms. The van der Waals surface area contributed by atoms with E-state index in [0.29, 0.717) is 11.1 Å². The van der Waals surface area contributed by atoms with Crippen LogP contribution in [0.2, 0.25) is 18.1 Å². The molecular formula is C11H23IOSi. The van der Waals surface area contributed by atoms with Crippen molar-refractivity contribution in [3.8, 4) is 0 Å². The summed E-state index contributed by atoms with van der Waals surface area (Å²) >= 11 is 2.56. The Morgan fingerprint density at radius 1 is 1.21 bits per heavy atom. The van der Waals surface area contributed by atoms with Crippen LogP contribution in [-0.4, -0.2) is 18.3 Å². The fourth-order valence-electron chi connectivity index (χ4n) is 1.57. The smallest absolute Gasteiger partial charge is 0.192 e. The lowest BCUT2D eigenvalue weighted by atomic mass is 10.2. The van der Waals surface area contributed by atoms with Crippen molar-refractivity contribution in [2.75, 3.05) is 0 Å². The van der Waals surface area contributed by atoms with Gasteiger partial charge >= 0.3 is 0 Å². The summed E-state index contributed by atoms with van der Waals surface area (Å²) in [6, 6.07) is 0. The zero-order valence-electron chi connectivity index (χ0n) is 10.1. The van der Waals surface area contributed by atoms with Crippen molar-refractivity contribution in [3.63, 3.8) is 0 Å². The second-order valence-electron chi connectivity index (χ2n) is 5.86. The maximum absolute atomic E-state index is 6.41. The Morgan fingerprint density at radius 2 is 1.79 bits per heavy atom. The van der Waals surface area contributed by atoms with Gasteiger partial charge in [-0.15, -0.1) is 0 Å². The molecule has 84 valence electrons. The third-order valence-electron chi connectivity index (χ3n) is 3.62. The van der Waals surface area contributed by atoms with Gasteiger partial charge in [-0.3, -0.25) is 0 Å². The standard InChI is InChI=1S/C11H23IOSi/c1-11(2,3)14(4,5)13-10-8-6-7-9(10)12/h9-10H,6-8H2,1-5H3/t9-,10-/m1/s1. The molecule has 1 saturated carbocycles. The van der Waals surface area contributed by atoms with Gasteiger partial charge in [-0.05, 0) is 37.4 Å². The molecule has 0 unspecified atom stereocenters. The largest absolute Gasteiger partial charge is 0.413 e. The van der Waals surface area contributed by atoms with Crippen molar-refractivity contribution in [1.82, 2.24) is 0 Å². The monoisotopic (exact) mass is 326 g/mol.